The summed E-state index contributed by atoms with van der Waals surface area (Å²) in [6, 6.07) is 6.37. The molecule has 1 aromatic carbocycles. The molecule has 3 aromatic rings. The highest BCUT2D eigenvalue weighted by Crippen LogP contribution is 2.31. The van der Waals surface area contributed by atoms with E-state index in [4.69, 9.17) is 9.26 Å². The summed E-state index contributed by atoms with van der Waals surface area (Å²) in [5.74, 6) is 2.08. The number of anilines is 1. The Hall–Kier alpha value is -2.74. The summed E-state index contributed by atoms with van der Waals surface area (Å²) in [6.07, 6.45) is 5.37. The third-order valence-electron chi connectivity index (χ3n) is 5.58. The topological polar surface area (TPSA) is 80.4 Å². The number of hydrogen-bond acceptors (Lipinski definition) is 8. The molecule has 1 saturated heterocycles. The second-order valence-corrected chi connectivity index (χ2v) is 7.55. The Morgan fingerprint density at radius 3 is 2.71 bits per heavy atom. The van der Waals surface area contributed by atoms with Gasteiger partial charge < -0.3 is 14.2 Å². The van der Waals surface area contributed by atoms with Crippen molar-refractivity contribution in [3.05, 3.63) is 36.2 Å². The molecule has 0 radical (unpaired) electrons. The maximum atomic E-state index is 6.09. The molecule has 8 heteroatoms. The zero-order chi connectivity index (χ0) is 18.9. The molecule has 5 rings (SSSR count). The van der Waals surface area contributed by atoms with Crippen LogP contribution in [-0.2, 0) is 6.54 Å². The van der Waals surface area contributed by atoms with Crippen molar-refractivity contribution in [2.24, 2.45) is 0 Å². The van der Waals surface area contributed by atoms with Gasteiger partial charge in [-0.15, -0.1) is 0 Å². The van der Waals surface area contributed by atoms with E-state index in [0.717, 1.165) is 49.9 Å². The molecular weight excluding hydrogens is 356 g/mol. The summed E-state index contributed by atoms with van der Waals surface area (Å²) < 4.78 is 11.3. The highest BCUT2D eigenvalue weighted by molar-refractivity contribution is 5.86. The minimum atomic E-state index is 0.304. The minimum Gasteiger partial charge on any atom is -0.474 e. The molecule has 1 aliphatic heterocycles. The predicted octanol–water partition coefficient (Wildman–Crippen LogP) is 2.57. The number of piperazine rings is 1. The first kappa shape index (κ1) is 17.4. The van der Waals surface area contributed by atoms with Crippen molar-refractivity contribution in [1.29, 1.82) is 0 Å². The highest BCUT2D eigenvalue weighted by Gasteiger charge is 2.22. The second-order valence-electron chi connectivity index (χ2n) is 7.55. The van der Waals surface area contributed by atoms with Gasteiger partial charge in [0.15, 0.2) is 5.82 Å². The van der Waals surface area contributed by atoms with Crippen molar-refractivity contribution in [2.45, 2.75) is 38.8 Å². The molecule has 0 atom stereocenters. The molecule has 3 heterocycles. The number of ether oxygens (including phenoxy) is 1. The van der Waals surface area contributed by atoms with Gasteiger partial charge in [0.25, 0.3) is 0 Å². The van der Waals surface area contributed by atoms with Crippen molar-refractivity contribution < 1.29 is 9.26 Å². The second kappa shape index (κ2) is 7.35. The molecule has 2 fully saturated rings. The van der Waals surface area contributed by atoms with Crippen LogP contribution in [0.5, 0.6) is 5.88 Å². The molecule has 0 N–H and O–H groups in total. The molecule has 0 bridgehead atoms. The molecule has 146 valence electrons. The average Bonchev–Trinajstić information content (AvgIpc) is 3.09. The van der Waals surface area contributed by atoms with Gasteiger partial charge in [-0.2, -0.15) is 4.98 Å². The zero-order valence-electron chi connectivity index (χ0n) is 16.0. The van der Waals surface area contributed by atoms with E-state index in [1.165, 1.54) is 12.1 Å². The van der Waals surface area contributed by atoms with Gasteiger partial charge in [0.2, 0.25) is 11.8 Å². The van der Waals surface area contributed by atoms with Gasteiger partial charge in [-0.25, -0.2) is 9.97 Å². The van der Waals surface area contributed by atoms with Crippen LogP contribution < -0.4 is 9.64 Å². The largest absolute Gasteiger partial charge is 0.474 e. The average molecular weight is 380 g/mol. The van der Waals surface area contributed by atoms with Crippen LogP contribution in [0.25, 0.3) is 10.9 Å². The quantitative estimate of drug-likeness (QED) is 0.668. The van der Waals surface area contributed by atoms with Gasteiger partial charge in [0, 0.05) is 31.9 Å². The predicted molar refractivity (Wildman–Crippen MR) is 104 cm³/mol. The summed E-state index contributed by atoms with van der Waals surface area (Å²) in [7, 11) is 0. The third kappa shape index (κ3) is 3.52. The van der Waals surface area contributed by atoms with Crippen LogP contribution in [0.1, 0.15) is 31.0 Å². The van der Waals surface area contributed by atoms with Gasteiger partial charge in [-0.05, 0) is 44.4 Å². The molecule has 0 amide bonds. The Labute approximate surface area is 163 Å². The smallest absolute Gasteiger partial charge is 0.240 e. The van der Waals surface area contributed by atoms with E-state index in [2.05, 4.69) is 48.1 Å². The Kier molecular flexibility index (Phi) is 4.56. The number of aryl methyl sites for hydroxylation is 1. The maximum Gasteiger partial charge on any atom is 0.240 e. The standard InChI is InChI=1S/C20H24N6O2/c1-14-23-19(28-24-14)12-25-7-9-26(10-8-25)15-5-6-18-17(11-15)20(22-13-21-18)27-16-3-2-4-16/h5-6,11,13,16H,2-4,7-10,12H2,1H3. The van der Waals surface area contributed by atoms with Gasteiger partial charge >= 0.3 is 0 Å². The van der Waals surface area contributed by atoms with Crippen LogP contribution >= 0.6 is 0 Å². The van der Waals surface area contributed by atoms with Gasteiger partial charge in [-0.1, -0.05) is 5.16 Å². The minimum absolute atomic E-state index is 0.304. The van der Waals surface area contributed by atoms with Crippen LogP contribution in [0.15, 0.2) is 29.0 Å². The lowest BCUT2D eigenvalue weighted by Crippen LogP contribution is -2.46. The van der Waals surface area contributed by atoms with Crippen LogP contribution in [0, 0.1) is 6.92 Å². The number of rotatable bonds is 5. The Balaban J connectivity index is 1.29. The van der Waals surface area contributed by atoms with E-state index in [0.29, 0.717) is 30.2 Å². The Morgan fingerprint density at radius 2 is 2.00 bits per heavy atom. The number of aromatic nitrogens is 4. The zero-order valence-corrected chi connectivity index (χ0v) is 16.0. The first-order valence-electron chi connectivity index (χ1n) is 9.92. The van der Waals surface area contributed by atoms with E-state index < -0.39 is 0 Å². The van der Waals surface area contributed by atoms with Crippen molar-refractivity contribution in [3.63, 3.8) is 0 Å². The number of nitrogens with zero attached hydrogens (tertiary/aromatic N) is 6. The van der Waals surface area contributed by atoms with Crippen molar-refractivity contribution in [3.8, 4) is 5.88 Å². The number of fused-ring (bicyclic) bond motifs is 1. The van der Waals surface area contributed by atoms with Crippen molar-refractivity contribution >= 4 is 16.6 Å². The van der Waals surface area contributed by atoms with E-state index in [9.17, 15) is 0 Å². The lowest BCUT2D eigenvalue weighted by Gasteiger charge is -2.35. The van der Waals surface area contributed by atoms with Gasteiger partial charge in [-0.3, -0.25) is 4.90 Å². The van der Waals surface area contributed by atoms with Gasteiger partial charge in [0.1, 0.15) is 12.4 Å². The number of hydrogen-bond donors (Lipinski definition) is 0. The van der Waals surface area contributed by atoms with Crippen LogP contribution in [0.3, 0.4) is 0 Å². The molecule has 1 saturated carbocycles. The summed E-state index contributed by atoms with van der Waals surface area (Å²) in [6.45, 7) is 6.36. The fourth-order valence-electron chi connectivity index (χ4n) is 3.72. The molecule has 28 heavy (non-hydrogen) atoms. The molecular formula is C20H24N6O2. The van der Waals surface area contributed by atoms with Gasteiger partial charge in [0.05, 0.1) is 17.4 Å². The van der Waals surface area contributed by atoms with Crippen LogP contribution in [-0.4, -0.2) is 57.3 Å². The molecule has 1 aliphatic carbocycles. The van der Waals surface area contributed by atoms with E-state index >= 15 is 0 Å². The van der Waals surface area contributed by atoms with Crippen molar-refractivity contribution in [2.75, 3.05) is 31.1 Å². The highest BCUT2D eigenvalue weighted by atomic mass is 16.5. The fourth-order valence-corrected chi connectivity index (χ4v) is 3.72. The first-order valence-corrected chi connectivity index (χ1v) is 9.92. The Bertz CT molecular complexity index is 962. The molecule has 2 aliphatic rings. The monoisotopic (exact) mass is 380 g/mol. The summed E-state index contributed by atoms with van der Waals surface area (Å²) in [5.41, 5.74) is 2.12. The van der Waals surface area contributed by atoms with E-state index in [1.807, 2.05) is 6.92 Å². The lowest BCUT2D eigenvalue weighted by molar-refractivity contribution is 0.116. The normalized spacial score (nSPS) is 18.4. The summed E-state index contributed by atoms with van der Waals surface area (Å²) in [4.78, 5) is 17.8. The summed E-state index contributed by atoms with van der Waals surface area (Å²) >= 11 is 0. The maximum absolute atomic E-state index is 6.09. The molecule has 0 spiro atoms. The number of benzene rings is 1. The Morgan fingerprint density at radius 1 is 1.14 bits per heavy atom. The molecule has 0 unspecified atom stereocenters. The third-order valence-corrected chi connectivity index (χ3v) is 5.58. The summed E-state index contributed by atoms with van der Waals surface area (Å²) in [5, 5.41) is 4.86. The molecule has 8 nitrogen and oxygen atoms in total. The van der Waals surface area contributed by atoms with Crippen LogP contribution in [0.2, 0.25) is 0 Å². The van der Waals surface area contributed by atoms with E-state index in [1.54, 1.807) is 6.33 Å². The lowest BCUT2D eigenvalue weighted by atomic mass is 9.96. The SMILES string of the molecule is Cc1noc(CN2CCN(c3ccc4ncnc(OC5CCC5)c4c3)CC2)n1. The first-order chi connectivity index (χ1) is 13.7. The fraction of sp³-hybridized carbons (Fsp3) is 0.500. The van der Waals surface area contributed by atoms with Crippen molar-refractivity contribution in [1.82, 2.24) is 25.0 Å². The van der Waals surface area contributed by atoms with E-state index in [-0.39, 0.29) is 0 Å². The molecule has 2 aromatic heterocycles. The van der Waals surface area contributed by atoms with Crippen LogP contribution in [0.4, 0.5) is 5.69 Å².